The minimum atomic E-state index is 0.185. The summed E-state index contributed by atoms with van der Waals surface area (Å²) in [5.74, 6) is 0.702. The molecule has 9 heteroatoms. The molecule has 2 fully saturated rings. The van der Waals surface area contributed by atoms with Crippen molar-refractivity contribution in [2.24, 2.45) is 0 Å². The monoisotopic (exact) mass is 753 g/mol. The molecular formula is C43H42BrN6O2+. The van der Waals surface area contributed by atoms with E-state index in [-0.39, 0.29) is 5.78 Å². The van der Waals surface area contributed by atoms with Gasteiger partial charge < -0.3 is 19.9 Å². The standard InChI is InChI=1S/C36H36BrN3O.C7H4O.H2N3/c37-34-23-27-22-28(39-15-13-38-14-16-39)8-12-29(27)33-11-7-25-21-26(6-9-30(25)35(33)34)32-10-5-24-3-1-2-4-31(24)36(32)40-17-19-41-20-18-40;8-7-5-1-2-6(7)4-3-5;1-3-2/h1-5,7-8,10-12,22-23,26,38H,6,9,13-21H2;1-4H;1-2H/q;;+1. The molecule has 52 heavy (non-hydrogen) atoms. The Kier molecular flexibility index (Phi) is 9.84. The van der Waals surface area contributed by atoms with E-state index in [4.69, 9.17) is 15.8 Å². The van der Waals surface area contributed by atoms with E-state index in [2.05, 4.69) is 104 Å². The fraction of sp³-hybridized carbons (Fsp3) is 0.279. The second-order valence-electron chi connectivity index (χ2n) is 13.9. The van der Waals surface area contributed by atoms with E-state index >= 15 is 0 Å². The van der Waals surface area contributed by atoms with E-state index in [1.54, 1.807) is 0 Å². The van der Waals surface area contributed by atoms with Crippen molar-refractivity contribution in [3.8, 4) is 0 Å². The van der Waals surface area contributed by atoms with Crippen LogP contribution >= 0.6 is 15.9 Å². The number of halogens is 1. The van der Waals surface area contributed by atoms with E-state index in [1.165, 1.54) is 71.3 Å². The SMILES string of the molecule is Brc1cc2cc(N3CCNCC3)ccc2c2ccc3c(c12)CCC(c1ccc2ccccc2c1N1CCOCC1)C3.N=[N+]=N.O=C1C2=CC=C1C=C2. The van der Waals surface area contributed by atoms with Gasteiger partial charge in [-0.1, -0.05) is 94.8 Å². The summed E-state index contributed by atoms with van der Waals surface area (Å²) in [5, 5.41) is 11.6. The average Bonchev–Trinajstić information content (AvgIpc) is 3.74. The van der Waals surface area contributed by atoms with E-state index in [0.717, 1.165) is 76.5 Å². The largest absolute Gasteiger partial charge is 0.378 e. The first kappa shape index (κ1) is 34.2. The fourth-order valence-corrected chi connectivity index (χ4v) is 9.24. The van der Waals surface area contributed by atoms with Crippen LogP contribution in [0, 0.1) is 11.1 Å². The number of anilines is 2. The molecule has 0 amide bonds. The smallest absolute Gasteiger partial charge is 0.211 e. The van der Waals surface area contributed by atoms with Crippen molar-refractivity contribution in [2.75, 3.05) is 62.3 Å². The number of ether oxygens (including phenoxy) is 1. The number of fused-ring (bicyclic) bond motifs is 8. The zero-order valence-electron chi connectivity index (χ0n) is 29.1. The first-order chi connectivity index (χ1) is 25.5. The molecule has 10 rings (SSSR count). The molecule has 0 spiro atoms. The maximum atomic E-state index is 10.8. The van der Waals surface area contributed by atoms with Crippen LogP contribution in [0.15, 0.2) is 113 Å². The summed E-state index contributed by atoms with van der Waals surface area (Å²) in [4.78, 5) is 17.8. The fourth-order valence-electron chi connectivity index (χ4n) is 8.54. The molecule has 0 saturated carbocycles. The quantitative estimate of drug-likeness (QED) is 0.0973. The number of piperazine rings is 1. The molecule has 2 aliphatic heterocycles. The molecule has 1 unspecified atom stereocenters. The third-order valence-electron chi connectivity index (χ3n) is 11.1. The number of nitrogens with zero attached hydrogens (tertiary/aromatic N) is 3. The van der Waals surface area contributed by atoms with Crippen LogP contribution in [0.2, 0.25) is 0 Å². The zero-order valence-corrected chi connectivity index (χ0v) is 30.7. The highest BCUT2D eigenvalue weighted by Gasteiger charge is 2.28. The number of carbonyl (C=O) groups excluding carboxylic acids is 1. The molecule has 3 N–H and O–H groups in total. The Morgan fingerprint density at radius 3 is 2.23 bits per heavy atom. The topological polar surface area (TPSA) is 107 Å². The number of Topliss-reactive ketones (excluding diaryl/α,β-unsaturated/α-hetero) is 1. The highest BCUT2D eigenvalue weighted by atomic mass is 79.9. The molecule has 5 aliphatic rings. The molecule has 2 bridgehead atoms. The van der Waals surface area contributed by atoms with Crippen molar-refractivity contribution in [1.29, 1.82) is 11.1 Å². The molecule has 2 heterocycles. The summed E-state index contributed by atoms with van der Waals surface area (Å²) in [7, 11) is 0. The Bertz CT molecular complexity index is 2300. The lowest BCUT2D eigenvalue weighted by Crippen LogP contribution is -2.43. The number of allylic oxidation sites excluding steroid dienone is 6. The summed E-state index contributed by atoms with van der Waals surface area (Å²) in [6.07, 6.45) is 10.8. The van der Waals surface area contributed by atoms with E-state index in [9.17, 15) is 4.79 Å². The van der Waals surface area contributed by atoms with Crippen LogP contribution in [0.1, 0.15) is 29.0 Å². The first-order valence-corrected chi connectivity index (χ1v) is 19.0. The number of aryl methyl sites for hydroxylation is 1. The van der Waals surface area contributed by atoms with Gasteiger partial charge in [-0.15, -0.1) is 0 Å². The van der Waals surface area contributed by atoms with Gasteiger partial charge in [0.25, 0.3) is 0 Å². The van der Waals surface area contributed by atoms with Gasteiger partial charge >= 0.3 is 0 Å². The summed E-state index contributed by atoms with van der Waals surface area (Å²) in [6, 6.07) is 27.9. The molecule has 2 saturated heterocycles. The number of morpholine rings is 1. The number of carbonyl (C=O) groups is 1. The van der Waals surface area contributed by atoms with Gasteiger partial charge in [0.1, 0.15) is 11.1 Å². The van der Waals surface area contributed by atoms with Gasteiger partial charge in [-0.25, -0.2) is 0 Å². The molecule has 5 aromatic carbocycles. The Hall–Kier alpha value is -4.92. The molecule has 0 aromatic heterocycles. The van der Waals surface area contributed by atoms with Crippen LogP contribution in [0.25, 0.3) is 32.3 Å². The Morgan fingerprint density at radius 2 is 1.52 bits per heavy atom. The van der Waals surface area contributed by atoms with Gasteiger partial charge in [-0.3, -0.25) is 4.79 Å². The number of hydrogen-bond donors (Lipinski definition) is 3. The minimum Gasteiger partial charge on any atom is -0.378 e. The van der Waals surface area contributed by atoms with E-state index in [1.807, 2.05) is 29.2 Å². The van der Waals surface area contributed by atoms with E-state index in [0.29, 0.717) is 5.92 Å². The van der Waals surface area contributed by atoms with Crippen LogP contribution in [0.3, 0.4) is 0 Å². The van der Waals surface area contributed by atoms with Crippen molar-refractivity contribution in [2.45, 2.75) is 25.2 Å². The number of ketones is 1. The second-order valence-corrected chi connectivity index (χ2v) is 14.8. The van der Waals surface area contributed by atoms with Gasteiger partial charge in [0, 0.05) is 71.6 Å². The molecular weight excluding hydrogens is 712 g/mol. The molecule has 262 valence electrons. The number of hydrogen-bond acceptors (Lipinski definition) is 7. The third kappa shape index (κ3) is 6.50. The predicted octanol–water partition coefficient (Wildman–Crippen LogP) is 8.53. The van der Waals surface area contributed by atoms with Crippen molar-refractivity contribution in [3.63, 3.8) is 0 Å². The lowest BCUT2D eigenvalue weighted by Gasteiger charge is -2.35. The van der Waals surface area contributed by atoms with Crippen molar-refractivity contribution < 1.29 is 9.53 Å². The summed E-state index contributed by atoms with van der Waals surface area (Å²) >= 11 is 4.03. The average molecular weight is 755 g/mol. The zero-order chi connectivity index (χ0) is 35.6. The predicted molar refractivity (Wildman–Crippen MR) is 214 cm³/mol. The minimum absolute atomic E-state index is 0.185. The normalized spacial score (nSPS) is 19.0. The van der Waals surface area contributed by atoms with Crippen LogP contribution in [-0.2, 0) is 22.4 Å². The summed E-state index contributed by atoms with van der Waals surface area (Å²) in [6.45, 7) is 7.79. The van der Waals surface area contributed by atoms with Gasteiger partial charge in [0.2, 0.25) is 4.91 Å². The molecule has 3 aliphatic carbocycles. The van der Waals surface area contributed by atoms with Crippen molar-refractivity contribution in [1.82, 2.24) is 10.2 Å². The second kappa shape index (κ2) is 15.0. The number of benzene rings is 5. The van der Waals surface area contributed by atoms with Gasteiger partial charge in [-0.2, -0.15) is 0 Å². The highest BCUT2D eigenvalue weighted by molar-refractivity contribution is 9.10. The van der Waals surface area contributed by atoms with Crippen molar-refractivity contribution >= 4 is 65.4 Å². The first-order valence-electron chi connectivity index (χ1n) is 18.2. The number of rotatable bonds is 3. The van der Waals surface area contributed by atoms with Crippen LogP contribution in [0.5, 0.6) is 0 Å². The third-order valence-corrected chi connectivity index (χ3v) is 11.7. The summed E-state index contributed by atoms with van der Waals surface area (Å²) < 4.78 is 6.96. The Morgan fingerprint density at radius 1 is 0.788 bits per heavy atom. The molecule has 0 radical (unpaired) electrons. The van der Waals surface area contributed by atoms with Crippen LogP contribution < -0.4 is 20.0 Å². The molecule has 1 atom stereocenters. The maximum absolute atomic E-state index is 10.8. The Labute approximate surface area is 312 Å². The van der Waals surface area contributed by atoms with Gasteiger partial charge in [0.05, 0.1) is 13.2 Å². The number of nitrogens with one attached hydrogen (secondary N) is 3. The summed E-state index contributed by atoms with van der Waals surface area (Å²) in [5.41, 5.74) is 20.0. The lowest BCUT2D eigenvalue weighted by atomic mass is 9.77. The van der Waals surface area contributed by atoms with Crippen LogP contribution in [-0.4, -0.2) is 58.3 Å². The van der Waals surface area contributed by atoms with Crippen molar-refractivity contribution in [3.05, 3.63) is 129 Å². The maximum Gasteiger partial charge on any atom is 0.211 e. The Balaban J connectivity index is 0.000000302. The highest BCUT2D eigenvalue weighted by Crippen LogP contribution is 2.45. The van der Waals surface area contributed by atoms with Gasteiger partial charge in [0.15, 0.2) is 5.78 Å². The molecule has 5 aromatic rings. The molecule has 8 nitrogen and oxygen atoms in total. The lowest BCUT2D eigenvalue weighted by molar-refractivity contribution is -0.111. The van der Waals surface area contributed by atoms with Crippen LogP contribution in [0.4, 0.5) is 11.4 Å². The van der Waals surface area contributed by atoms with E-state index < -0.39 is 0 Å². The van der Waals surface area contributed by atoms with Gasteiger partial charge in [-0.05, 0) is 87.0 Å².